The zero-order valence-corrected chi connectivity index (χ0v) is 8.88. The summed E-state index contributed by atoms with van der Waals surface area (Å²) in [6.45, 7) is 1.93. The van der Waals surface area contributed by atoms with Crippen LogP contribution in [0.25, 0.3) is 0 Å². The number of nitrogens with one attached hydrogen (secondary N) is 1. The summed E-state index contributed by atoms with van der Waals surface area (Å²) in [5.41, 5.74) is 2.03. The molecule has 0 unspecified atom stereocenters. The first-order valence-corrected chi connectivity index (χ1v) is 5.22. The Labute approximate surface area is 91.2 Å². The van der Waals surface area contributed by atoms with Crippen molar-refractivity contribution < 1.29 is 0 Å². The van der Waals surface area contributed by atoms with Crippen LogP contribution in [0.15, 0.2) is 23.7 Å². The van der Waals surface area contributed by atoms with Gasteiger partial charge in [0.2, 0.25) is 0 Å². The Balaban J connectivity index is 2.28. The van der Waals surface area contributed by atoms with Gasteiger partial charge in [0.1, 0.15) is 6.07 Å². The second-order valence-corrected chi connectivity index (χ2v) is 3.79. The van der Waals surface area contributed by atoms with Crippen molar-refractivity contribution in [2.75, 3.05) is 5.32 Å². The quantitative estimate of drug-likeness (QED) is 0.837. The Bertz CT molecular complexity index is 512. The van der Waals surface area contributed by atoms with E-state index in [4.69, 9.17) is 5.26 Å². The Hall–Kier alpha value is -1.93. The van der Waals surface area contributed by atoms with Gasteiger partial charge >= 0.3 is 0 Å². The molecule has 0 bridgehead atoms. The molecule has 0 saturated heterocycles. The largest absolute Gasteiger partial charge is 0.329 e. The molecule has 15 heavy (non-hydrogen) atoms. The zero-order chi connectivity index (χ0) is 10.7. The van der Waals surface area contributed by atoms with E-state index in [1.165, 1.54) is 11.3 Å². The van der Waals surface area contributed by atoms with E-state index < -0.39 is 0 Å². The molecular formula is C10H8N4S. The van der Waals surface area contributed by atoms with Gasteiger partial charge in [0.15, 0.2) is 10.8 Å². The molecular weight excluding hydrogens is 208 g/mol. The maximum atomic E-state index is 8.83. The molecule has 1 N–H and O–H groups in total. The van der Waals surface area contributed by atoms with E-state index in [0.29, 0.717) is 11.4 Å². The minimum Gasteiger partial charge on any atom is -0.329 e. The smallest absolute Gasteiger partial charge is 0.187 e. The normalized spacial score (nSPS) is 9.60. The average molecular weight is 216 g/mol. The molecule has 2 rings (SSSR count). The van der Waals surface area contributed by atoms with Crippen molar-refractivity contribution in [2.45, 2.75) is 6.92 Å². The Morgan fingerprint density at radius 1 is 1.53 bits per heavy atom. The molecule has 0 aromatic carbocycles. The number of rotatable bonds is 2. The maximum absolute atomic E-state index is 8.83. The van der Waals surface area contributed by atoms with E-state index in [-0.39, 0.29) is 0 Å². The third-order valence-electron chi connectivity index (χ3n) is 1.77. The highest BCUT2D eigenvalue weighted by Crippen LogP contribution is 2.21. The van der Waals surface area contributed by atoms with Crippen molar-refractivity contribution in [3.63, 3.8) is 0 Å². The maximum Gasteiger partial charge on any atom is 0.187 e. The predicted octanol–water partition coefficient (Wildman–Crippen LogP) is 2.46. The molecule has 0 atom stereocenters. The Morgan fingerprint density at radius 3 is 3.07 bits per heavy atom. The van der Waals surface area contributed by atoms with Gasteiger partial charge in [-0.15, -0.1) is 11.3 Å². The number of pyridine rings is 1. The van der Waals surface area contributed by atoms with Crippen LogP contribution in [0.3, 0.4) is 0 Å². The van der Waals surface area contributed by atoms with E-state index in [1.54, 1.807) is 12.3 Å². The van der Waals surface area contributed by atoms with Gasteiger partial charge in [-0.05, 0) is 19.1 Å². The molecule has 0 aliphatic rings. The summed E-state index contributed by atoms with van der Waals surface area (Å²) >= 11 is 1.50. The van der Waals surface area contributed by atoms with Gasteiger partial charge in [-0.1, -0.05) is 0 Å². The molecule has 2 heterocycles. The van der Waals surface area contributed by atoms with Crippen molar-refractivity contribution >= 4 is 22.2 Å². The molecule has 0 amide bonds. The number of aryl methyl sites for hydroxylation is 1. The van der Waals surface area contributed by atoms with Crippen LogP contribution in [0.4, 0.5) is 10.8 Å². The first-order chi connectivity index (χ1) is 7.29. The lowest BCUT2D eigenvalue weighted by molar-refractivity contribution is 1.23. The number of nitrogens with zero attached hydrogens (tertiary/aromatic N) is 3. The number of thiazole rings is 1. The van der Waals surface area contributed by atoms with Crippen LogP contribution in [-0.4, -0.2) is 9.97 Å². The molecule has 0 spiro atoms. The van der Waals surface area contributed by atoms with Crippen LogP contribution in [0.1, 0.15) is 11.4 Å². The molecule has 0 saturated carbocycles. The van der Waals surface area contributed by atoms with Crippen LogP contribution in [0, 0.1) is 18.3 Å². The van der Waals surface area contributed by atoms with Gasteiger partial charge in [-0.25, -0.2) is 9.97 Å². The summed E-state index contributed by atoms with van der Waals surface area (Å²) in [6, 6.07) is 5.62. The summed E-state index contributed by atoms with van der Waals surface area (Å²) in [5, 5.41) is 14.6. The Kier molecular flexibility index (Phi) is 2.61. The first kappa shape index (κ1) is 9.62. The van der Waals surface area contributed by atoms with Crippen LogP contribution >= 0.6 is 11.3 Å². The van der Waals surface area contributed by atoms with Crippen molar-refractivity contribution in [2.24, 2.45) is 0 Å². The number of aromatic nitrogens is 2. The van der Waals surface area contributed by atoms with Crippen molar-refractivity contribution in [1.29, 1.82) is 5.26 Å². The number of anilines is 2. The van der Waals surface area contributed by atoms with Crippen LogP contribution in [0.2, 0.25) is 0 Å². The lowest BCUT2D eigenvalue weighted by Crippen LogP contribution is -1.94. The van der Waals surface area contributed by atoms with E-state index in [0.717, 1.165) is 10.8 Å². The molecule has 0 radical (unpaired) electrons. The standard InChI is InChI=1S/C10H8N4S/c1-7-6-15-10(13-7)14-8-3-2-4-12-9(8)5-11/h2-4,6H,1H3,(H,13,14). The van der Waals surface area contributed by atoms with Gasteiger partial charge in [0, 0.05) is 11.6 Å². The molecule has 5 heteroatoms. The minimum atomic E-state index is 0.380. The number of nitriles is 1. The van der Waals surface area contributed by atoms with Gasteiger partial charge in [0.25, 0.3) is 0 Å². The van der Waals surface area contributed by atoms with Crippen molar-refractivity contribution in [3.05, 3.63) is 35.1 Å². The molecule has 4 nitrogen and oxygen atoms in total. The summed E-state index contributed by atoms with van der Waals surface area (Å²) in [4.78, 5) is 8.20. The lowest BCUT2D eigenvalue weighted by Gasteiger charge is -2.02. The van der Waals surface area contributed by atoms with Crippen LogP contribution in [0.5, 0.6) is 0 Å². The van der Waals surface area contributed by atoms with Gasteiger partial charge in [-0.3, -0.25) is 0 Å². The van der Waals surface area contributed by atoms with Gasteiger partial charge < -0.3 is 5.32 Å². The van der Waals surface area contributed by atoms with Crippen LogP contribution < -0.4 is 5.32 Å². The molecule has 2 aromatic rings. The molecule has 74 valence electrons. The summed E-state index contributed by atoms with van der Waals surface area (Å²) in [6.07, 6.45) is 1.59. The van der Waals surface area contributed by atoms with Crippen molar-refractivity contribution in [1.82, 2.24) is 9.97 Å². The fraction of sp³-hybridized carbons (Fsp3) is 0.100. The van der Waals surface area contributed by atoms with E-state index in [2.05, 4.69) is 15.3 Å². The van der Waals surface area contributed by atoms with E-state index >= 15 is 0 Å². The molecule has 0 fully saturated rings. The lowest BCUT2D eigenvalue weighted by atomic mass is 10.3. The third-order valence-corrected chi connectivity index (χ3v) is 2.65. The van der Waals surface area contributed by atoms with E-state index in [1.807, 2.05) is 24.4 Å². The second-order valence-electron chi connectivity index (χ2n) is 2.93. The summed E-state index contributed by atoms with van der Waals surface area (Å²) < 4.78 is 0. The van der Waals surface area contributed by atoms with E-state index in [9.17, 15) is 0 Å². The molecule has 2 aromatic heterocycles. The minimum absolute atomic E-state index is 0.380. The molecule has 0 aliphatic heterocycles. The van der Waals surface area contributed by atoms with Crippen LogP contribution in [-0.2, 0) is 0 Å². The van der Waals surface area contributed by atoms with Crippen molar-refractivity contribution in [3.8, 4) is 6.07 Å². The molecule has 0 aliphatic carbocycles. The highest BCUT2D eigenvalue weighted by Gasteiger charge is 2.04. The Morgan fingerprint density at radius 2 is 2.40 bits per heavy atom. The highest BCUT2D eigenvalue weighted by atomic mass is 32.1. The highest BCUT2D eigenvalue weighted by molar-refractivity contribution is 7.13. The van der Waals surface area contributed by atoms with Gasteiger partial charge in [-0.2, -0.15) is 5.26 Å². The number of hydrogen-bond donors (Lipinski definition) is 1. The summed E-state index contributed by atoms with van der Waals surface area (Å²) in [5.74, 6) is 0. The fourth-order valence-electron chi connectivity index (χ4n) is 1.12. The second kappa shape index (κ2) is 4.07. The van der Waals surface area contributed by atoms with Gasteiger partial charge in [0.05, 0.1) is 11.4 Å². The zero-order valence-electron chi connectivity index (χ0n) is 8.06. The third kappa shape index (κ3) is 2.11. The SMILES string of the molecule is Cc1csc(Nc2cccnc2C#N)n1. The monoisotopic (exact) mass is 216 g/mol. The first-order valence-electron chi connectivity index (χ1n) is 4.34. The summed E-state index contributed by atoms with van der Waals surface area (Å²) in [7, 11) is 0. The fourth-order valence-corrected chi connectivity index (χ4v) is 1.82. The predicted molar refractivity (Wildman–Crippen MR) is 59.1 cm³/mol. The topological polar surface area (TPSA) is 61.6 Å². The number of hydrogen-bond acceptors (Lipinski definition) is 5. The average Bonchev–Trinajstić information content (AvgIpc) is 2.65.